The lowest BCUT2D eigenvalue weighted by Gasteiger charge is -2.06. The molecular weight excluding hydrogens is 166 g/mol. The van der Waals surface area contributed by atoms with Gasteiger partial charge in [0.2, 0.25) is 0 Å². The molecule has 13 heavy (non-hydrogen) atoms. The third-order valence-corrected chi connectivity index (χ3v) is 1.81. The van der Waals surface area contributed by atoms with Crippen molar-refractivity contribution in [1.82, 2.24) is 4.98 Å². The van der Waals surface area contributed by atoms with E-state index in [4.69, 9.17) is 5.11 Å². The van der Waals surface area contributed by atoms with Gasteiger partial charge in [-0.1, -0.05) is 13.0 Å². The first-order valence-corrected chi connectivity index (χ1v) is 4.30. The molecule has 0 saturated carbocycles. The van der Waals surface area contributed by atoms with E-state index >= 15 is 0 Å². The molecule has 70 valence electrons. The topological polar surface area (TPSA) is 50.2 Å². The van der Waals surface area contributed by atoms with E-state index in [2.05, 4.69) is 4.98 Å². The Bertz CT molecular complexity index is 272. The molecule has 1 N–H and O–H groups in total. The van der Waals surface area contributed by atoms with Crippen molar-refractivity contribution in [1.29, 1.82) is 0 Å². The normalized spacial score (nSPS) is 12.4. The molecule has 3 heteroatoms. The second-order valence-corrected chi connectivity index (χ2v) is 3.23. The summed E-state index contributed by atoms with van der Waals surface area (Å²) in [6, 6.07) is 5.68. The van der Waals surface area contributed by atoms with E-state index in [0.717, 1.165) is 12.1 Å². The summed E-state index contributed by atoms with van der Waals surface area (Å²) in [5, 5.41) is 8.54. The van der Waals surface area contributed by atoms with E-state index < -0.39 is 5.97 Å². The number of pyridine rings is 1. The van der Waals surface area contributed by atoms with Crippen molar-refractivity contribution in [2.24, 2.45) is 5.92 Å². The summed E-state index contributed by atoms with van der Waals surface area (Å²) in [5.41, 5.74) is 0.955. The third kappa shape index (κ3) is 3.69. The maximum Gasteiger partial charge on any atom is 0.303 e. The van der Waals surface area contributed by atoms with Gasteiger partial charge in [0.05, 0.1) is 0 Å². The van der Waals surface area contributed by atoms with Gasteiger partial charge >= 0.3 is 5.97 Å². The van der Waals surface area contributed by atoms with Gasteiger partial charge in [0.25, 0.3) is 0 Å². The van der Waals surface area contributed by atoms with Crippen LogP contribution in [0.4, 0.5) is 0 Å². The molecule has 1 rings (SSSR count). The maximum absolute atomic E-state index is 10.4. The minimum absolute atomic E-state index is 0.146. The number of hydrogen-bond acceptors (Lipinski definition) is 2. The van der Waals surface area contributed by atoms with Crippen LogP contribution >= 0.6 is 0 Å². The number of hydrogen-bond donors (Lipinski definition) is 1. The van der Waals surface area contributed by atoms with Gasteiger partial charge in [-0.15, -0.1) is 0 Å². The first kappa shape index (κ1) is 9.71. The van der Waals surface area contributed by atoms with E-state index in [0.29, 0.717) is 0 Å². The van der Waals surface area contributed by atoms with Crippen LogP contribution in [0.15, 0.2) is 24.4 Å². The predicted molar refractivity (Wildman–Crippen MR) is 49.4 cm³/mol. The molecule has 0 saturated heterocycles. The average molecular weight is 179 g/mol. The van der Waals surface area contributed by atoms with Crippen molar-refractivity contribution < 1.29 is 9.90 Å². The van der Waals surface area contributed by atoms with E-state index in [9.17, 15) is 4.79 Å². The van der Waals surface area contributed by atoms with Crippen molar-refractivity contribution >= 4 is 5.97 Å². The van der Waals surface area contributed by atoms with Crippen LogP contribution in [0.1, 0.15) is 19.0 Å². The highest BCUT2D eigenvalue weighted by Gasteiger charge is 2.08. The quantitative estimate of drug-likeness (QED) is 0.765. The van der Waals surface area contributed by atoms with Gasteiger partial charge in [0.1, 0.15) is 0 Å². The Morgan fingerprint density at radius 1 is 1.62 bits per heavy atom. The average Bonchev–Trinajstić information content (AvgIpc) is 2.04. The van der Waals surface area contributed by atoms with Crippen LogP contribution in [0.2, 0.25) is 0 Å². The summed E-state index contributed by atoms with van der Waals surface area (Å²) < 4.78 is 0. The van der Waals surface area contributed by atoms with Gasteiger partial charge in [-0.3, -0.25) is 9.78 Å². The molecule has 0 bridgehead atoms. The molecule has 0 spiro atoms. The Morgan fingerprint density at radius 2 is 2.38 bits per heavy atom. The molecule has 0 radical (unpaired) electrons. The van der Waals surface area contributed by atoms with Crippen LogP contribution in [0.25, 0.3) is 0 Å². The summed E-state index contributed by atoms with van der Waals surface area (Å²) in [4.78, 5) is 14.5. The highest BCUT2D eigenvalue weighted by Crippen LogP contribution is 2.08. The Morgan fingerprint density at radius 3 is 2.92 bits per heavy atom. The van der Waals surface area contributed by atoms with Gasteiger partial charge < -0.3 is 5.11 Å². The highest BCUT2D eigenvalue weighted by atomic mass is 16.4. The van der Waals surface area contributed by atoms with Crippen LogP contribution in [0, 0.1) is 5.92 Å². The number of rotatable bonds is 4. The largest absolute Gasteiger partial charge is 0.481 e. The number of carbonyl (C=O) groups is 1. The fourth-order valence-corrected chi connectivity index (χ4v) is 1.25. The lowest BCUT2D eigenvalue weighted by molar-refractivity contribution is -0.137. The molecule has 1 aromatic rings. The SMILES string of the molecule is CC(CC(=O)O)Cc1ccccn1. The minimum Gasteiger partial charge on any atom is -0.481 e. The fraction of sp³-hybridized carbons (Fsp3) is 0.400. The van der Waals surface area contributed by atoms with Crippen molar-refractivity contribution in [2.75, 3.05) is 0 Å². The van der Waals surface area contributed by atoms with Gasteiger partial charge in [-0.05, 0) is 24.5 Å². The summed E-state index contributed by atoms with van der Waals surface area (Å²) in [7, 11) is 0. The third-order valence-electron chi connectivity index (χ3n) is 1.81. The molecule has 3 nitrogen and oxygen atoms in total. The van der Waals surface area contributed by atoms with E-state index in [1.54, 1.807) is 6.20 Å². The zero-order valence-corrected chi connectivity index (χ0v) is 7.60. The first-order valence-electron chi connectivity index (χ1n) is 4.30. The number of aromatic nitrogens is 1. The van der Waals surface area contributed by atoms with Crippen molar-refractivity contribution in [3.05, 3.63) is 30.1 Å². The molecule has 0 fully saturated rings. The Balaban J connectivity index is 2.45. The van der Waals surface area contributed by atoms with Crippen LogP contribution in [-0.4, -0.2) is 16.1 Å². The van der Waals surface area contributed by atoms with Gasteiger partial charge in [0.15, 0.2) is 0 Å². The standard InChI is InChI=1S/C10H13NO2/c1-8(7-10(12)13)6-9-4-2-3-5-11-9/h2-5,8H,6-7H2,1H3,(H,12,13). The Hall–Kier alpha value is -1.38. The van der Waals surface area contributed by atoms with E-state index in [-0.39, 0.29) is 12.3 Å². The second kappa shape index (κ2) is 4.60. The Kier molecular flexibility index (Phi) is 3.43. The molecule has 0 amide bonds. The van der Waals surface area contributed by atoms with E-state index in [1.165, 1.54) is 0 Å². The van der Waals surface area contributed by atoms with Gasteiger partial charge in [0, 0.05) is 18.3 Å². The van der Waals surface area contributed by atoms with Crippen molar-refractivity contribution in [3.8, 4) is 0 Å². The molecule has 1 aromatic heterocycles. The maximum atomic E-state index is 10.4. The molecule has 1 unspecified atom stereocenters. The monoisotopic (exact) mass is 179 g/mol. The number of nitrogens with zero attached hydrogens (tertiary/aromatic N) is 1. The number of aliphatic carboxylic acids is 1. The summed E-state index contributed by atoms with van der Waals surface area (Å²) in [5.74, 6) is -0.601. The minimum atomic E-state index is -0.747. The van der Waals surface area contributed by atoms with Crippen LogP contribution < -0.4 is 0 Å². The smallest absolute Gasteiger partial charge is 0.303 e. The molecule has 1 atom stereocenters. The predicted octanol–water partition coefficient (Wildman–Crippen LogP) is 1.73. The van der Waals surface area contributed by atoms with Crippen LogP contribution in [0.5, 0.6) is 0 Å². The fourth-order valence-electron chi connectivity index (χ4n) is 1.25. The molecule has 0 aliphatic rings. The van der Waals surface area contributed by atoms with Gasteiger partial charge in [-0.2, -0.15) is 0 Å². The Labute approximate surface area is 77.4 Å². The summed E-state index contributed by atoms with van der Waals surface area (Å²) in [6.45, 7) is 1.92. The molecule has 0 aromatic carbocycles. The van der Waals surface area contributed by atoms with Crippen molar-refractivity contribution in [2.45, 2.75) is 19.8 Å². The summed E-state index contributed by atoms with van der Waals surface area (Å²) in [6.07, 6.45) is 2.66. The molecule has 1 heterocycles. The first-order chi connectivity index (χ1) is 6.18. The molecule has 0 aliphatic heterocycles. The second-order valence-electron chi connectivity index (χ2n) is 3.23. The molecule has 0 aliphatic carbocycles. The zero-order valence-electron chi connectivity index (χ0n) is 7.60. The lowest BCUT2D eigenvalue weighted by Crippen LogP contribution is -2.07. The lowest BCUT2D eigenvalue weighted by atomic mass is 10.0. The van der Waals surface area contributed by atoms with E-state index in [1.807, 2.05) is 25.1 Å². The van der Waals surface area contributed by atoms with Crippen LogP contribution in [0.3, 0.4) is 0 Å². The van der Waals surface area contributed by atoms with Gasteiger partial charge in [-0.25, -0.2) is 0 Å². The van der Waals surface area contributed by atoms with Crippen molar-refractivity contribution in [3.63, 3.8) is 0 Å². The summed E-state index contributed by atoms with van der Waals surface area (Å²) >= 11 is 0. The number of carboxylic acid groups (broad SMARTS) is 1. The van der Waals surface area contributed by atoms with Crippen LogP contribution in [-0.2, 0) is 11.2 Å². The number of carboxylic acids is 1. The highest BCUT2D eigenvalue weighted by molar-refractivity contribution is 5.66. The zero-order chi connectivity index (χ0) is 9.68. The molecular formula is C10H13NO2.